The van der Waals surface area contributed by atoms with E-state index in [2.05, 4.69) is 16.0 Å². The van der Waals surface area contributed by atoms with E-state index in [0.717, 1.165) is 0 Å². The molecule has 1 heterocycles. The summed E-state index contributed by atoms with van der Waals surface area (Å²) < 4.78 is 72.4. The summed E-state index contributed by atoms with van der Waals surface area (Å²) in [6, 6.07) is 0. The lowest BCUT2D eigenvalue weighted by atomic mass is 9.82. The number of carbonyl (C=O) groups is 2. The predicted octanol–water partition coefficient (Wildman–Crippen LogP) is 1.92. The topological polar surface area (TPSA) is 70.2 Å². The van der Waals surface area contributed by atoms with Crippen LogP contribution in [-0.2, 0) is 9.59 Å². The molecule has 0 radical (unpaired) electrons. The van der Waals surface area contributed by atoms with Crippen molar-refractivity contribution in [3.05, 3.63) is 0 Å². The Morgan fingerprint density at radius 2 is 1.48 bits per heavy atom. The maximum absolute atomic E-state index is 12.1. The molecule has 0 aromatic carbocycles. The minimum absolute atomic E-state index is 0. The summed E-state index contributed by atoms with van der Waals surface area (Å²) in [6.45, 7) is -0.749. The fourth-order valence-corrected chi connectivity index (χ4v) is 2.39. The van der Waals surface area contributed by atoms with Gasteiger partial charge in [-0.2, -0.15) is 26.3 Å². The van der Waals surface area contributed by atoms with Gasteiger partial charge >= 0.3 is 12.4 Å². The van der Waals surface area contributed by atoms with Crippen molar-refractivity contribution in [2.45, 2.75) is 38.0 Å². The van der Waals surface area contributed by atoms with E-state index in [1.54, 1.807) is 0 Å². The molecule has 5 nitrogen and oxygen atoms in total. The number of hydrogen-bond acceptors (Lipinski definition) is 3. The molecule has 1 rings (SSSR count). The van der Waals surface area contributed by atoms with Gasteiger partial charge in [0.2, 0.25) is 11.8 Å². The zero-order valence-electron chi connectivity index (χ0n) is 13.1. The number of alkyl halides is 6. The van der Waals surface area contributed by atoms with E-state index in [4.69, 9.17) is 0 Å². The van der Waals surface area contributed by atoms with Gasteiger partial charge in [0.1, 0.15) is 0 Å². The summed E-state index contributed by atoms with van der Waals surface area (Å²) >= 11 is 0. The molecule has 1 fully saturated rings. The van der Waals surface area contributed by atoms with Gasteiger partial charge in [-0.25, -0.2) is 0 Å². The zero-order valence-corrected chi connectivity index (χ0v) is 14.0. The number of carbonyl (C=O) groups excluding carboxylic acids is 2. The average Bonchev–Trinajstić information content (AvgIpc) is 2.85. The molecule has 1 unspecified atom stereocenters. The molecule has 1 atom stereocenters. The van der Waals surface area contributed by atoms with Crippen LogP contribution in [0.3, 0.4) is 0 Å². The van der Waals surface area contributed by atoms with Crippen LogP contribution >= 0.6 is 12.4 Å². The van der Waals surface area contributed by atoms with Gasteiger partial charge in [-0.1, -0.05) is 0 Å². The predicted molar refractivity (Wildman–Crippen MR) is 79.1 cm³/mol. The molecule has 1 aliphatic heterocycles. The van der Waals surface area contributed by atoms with E-state index in [0.29, 0.717) is 6.54 Å². The Balaban J connectivity index is 0.00000576. The Morgan fingerprint density at radius 3 is 1.92 bits per heavy atom. The second-order valence-corrected chi connectivity index (χ2v) is 5.72. The minimum atomic E-state index is -4.41. The van der Waals surface area contributed by atoms with E-state index < -0.39 is 55.5 Å². The highest BCUT2D eigenvalue weighted by Gasteiger charge is 2.43. The number of nitrogens with one attached hydrogen (secondary N) is 3. The van der Waals surface area contributed by atoms with E-state index >= 15 is 0 Å². The van der Waals surface area contributed by atoms with Crippen molar-refractivity contribution in [2.75, 3.05) is 26.2 Å². The molecule has 0 saturated carbocycles. The highest BCUT2D eigenvalue weighted by Crippen LogP contribution is 2.30. The molecule has 0 aliphatic carbocycles. The molecule has 0 bridgehead atoms. The second kappa shape index (κ2) is 9.46. The van der Waals surface area contributed by atoms with E-state index in [-0.39, 0.29) is 31.8 Å². The summed E-state index contributed by atoms with van der Waals surface area (Å²) in [4.78, 5) is 23.9. The van der Waals surface area contributed by atoms with Crippen molar-refractivity contribution in [2.24, 2.45) is 5.41 Å². The normalized spacial score (nSPS) is 20.7. The summed E-state index contributed by atoms with van der Waals surface area (Å²) in [5.74, 6) is -1.45. The maximum Gasteiger partial charge on any atom is 0.390 e. The lowest BCUT2D eigenvalue weighted by molar-refractivity contribution is -0.142. The SMILES string of the molecule is Cl.O=C(CC1(C(=O)NCCC(F)(F)F)CCNC1)NCCC(F)(F)F. The molecule has 12 heteroatoms. The Hall–Kier alpha value is -1.23. The van der Waals surface area contributed by atoms with Gasteiger partial charge in [0, 0.05) is 26.1 Å². The lowest BCUT2D eigenvalue weighted by Gasteiger charge is -2.26. The molecule has 2 amide bonds. The molecule has 0 spiro atoms. The highest BCUT2D eigenvalue weighted by molar-refractivity contribution is 5.89. The molecule has 1 aliphatic rings. The fourth-order valence-electron chi connectivity index (χ4n) is 2.39. The number of rotatable bonds is 7. The van der Waals surface area contributed by atoms with E-state index in [1.807, 2.05) is 0 Å². The number of hydrogen-bond donors (Lipinski definition) is 3. The van der Waals surface area contributed by atoms with Crippen molar-refractivity contribution in [1.82, 2.24) is 16.0 Å². The lowest BCUT2D eigenvalue weighted by Crippen LogP contribution is -2.46. The standard InChI is InChI=1S/C13H19F6N3O2.ClH/c14-12(15,16)2-5-21-9(23)7-11(1-4-20-8-11)10(24)22-6-3-13(17,18)19;/h20H,1-8H2,(H,21,23)(H,22,24);1H. The molecule has 3 N–H and O–H groups in total. The van der Waals surface area contributed by atoms with Crippen LogP contribution in [0.5, 0.6) is 0 Å². The van der Waals surface area contributed by atoms with Gasteiger partial charge < -0.3 is 16.0 Å². The Kier molecular flexibility index (Phi) is 9.00. The second-order valence-electron chi connectivity index (χ2n) is 5.72. The van der Waals surface area contributed by atoms with E-state index in [9.17, 15) is 35.9 Å². The number of halogens is 7. The average molecular weight is 400 g/mol. The van der Waals surface area contributed by atoms with Crippen LogP contribution in [0.25, 0.3) is 0 Å². The summed E-state index contributed by atoms with van der Waals surface area (Å²) in [5, 5.41) is 7.07. The fraction of sp³-hybridized carbons (Fsp3) is 0.846. The third kappa shape index (κ3) is 9.15. The molecular weight excluding hydrogens is 380 g/mol. The van der Waals surface area contributed by atoms with Crippen LogP contribution in [0.1, 0.15) is 25.7 Å². The smallest absolute Gasteiger partial charge is 0.356 e. The maximum atomic E-state index is 12.1. The minimum Gasteiger partial charge on any atom is -0.356 e. The van der Waals surface area contributed by atoms with Crippen LogP contribution in [0.4, 0.5) is 26.3 Å². The van der Waals surface area contributed by atoms with E-state index in [1.165, 1.54) is 0 Å². The summed E-state index contributed by atoms with van der Waals surface area (Å²) in [7, 11) is 0. The van der Waals surface area contributed by atoms with Crippen LogP contribution in [-0.4, -0.2) is 50.3 Å². The van der Waals surface area contributed by atoms with Crippen LogP contribution in [0.15, 0.2) is 0 Å². The monoisotopic (exact) mass is 399 g/mol. The van der Waals surface area contributed by atoms with Gasteiger partial charge in [0.15, 0.2) is 0 Å². The summed E-state index contributed by atoms with van der Waals surface area (Å²) in [6.07, 6.45) is -11.4. The van der Waals surface area contributed by atoms with Gasteiger partial charge in [0.05, 0.1) is 18.3 Å². The molecule has 0 aromatic rings. The van der Waals surface area contributed by atoms with Crippen molar-refractivity contribution < 1.29 is 35.9 Å². The van der Waals surface area contributed by atoms with Crippen LogP contribution in [0.2, 0.25) is 0 Å². The van der Waals surface area contributed by atoms with Crippen molar-refractivity contribution in [3.63, 3.8) is 0 Å². The molecular formula is C13H20ClF6N3O2. The molecule has 148 valence electrons. The Labute approximate surface area is 146 Å². The first-order chi connectivity index (χ1) is 10.9. The molecule has 1 saturated heterocycles. The first-order valence-corrected chi connectivity index (χ1v) is 7.33. The quantitative estimate of drug-likeness (QED) is 0.573. The first-order valence-electron chi connectivity index (χ1n) is 7.33. The first kappa shape index (κ1) is 23.8. The summed E-state index contributed by atoms with van der Waals surface area (Å²) in [5.41, 5.74) is -1.24. The van der Waals surface area contributed by atoms with Crippen LogP contribution < -0.4 is 16.0 Å². The van der Waals surface area contributed by atoms with Gasteiger partial charge in [-0.15, -0.1) is 12.4 Å². The third-order valence-electron chi connectivity index (χ3n) is 3.65. The highest BCUT2D eigenvalue weighted by atomic mass is 35.5. The van der Waals surface area contributed by atoms with Crippen molar-refractivity contribution >= 4 is 24.2 Å². The largest absolute Gasteiger partial charge is 0.390 e. The molecule has 0 aromatic heterocycles. The van der Waals surface area contributed by atoms with Crippen molar-refractivity contribution in [3.8, 4) is 0 Å². The van der Waals surface area contributed by atoms with Gasteiger partial charge in [-0.05, 0) is 13.0 Å². The van der Waals surface area contributed by atoms with Gasteiger partial charge in [-0.3, -0.25) is 9.59 Å². The number of amides is 2. The van der Waals surface area contributed by atoms with Gasteiger partial charge in [0.25, 0.3) is 0 Å². The Morgan fingerprint density at radius 1 is 0.960 bits per heavy atom. The van der Waals surface area contributed by atoms with Crippen LogP contribution in [0, 0.1) is 5.41 Å². The molecule has 25 heavy (non-hydrogen) atoms. The zero-order chi connectivity index (χ0) is 18.4. The third-order valence-corrected chi connectivity index (χ3v) is 3.65. The van der Waals surface area contributed by atoms with Crippen molar-refractivity contribution in [1.29, 1.82) is 0 Å². The Bertz CT molecular complexity index is 450.